The van der Waals surface area contributed by atoms with Crippen molar-refractivity contribution in [2.24, 2.45) is 0 Å². The van der Waals surface area contributed by atoms with Crippen LogP contribution in [0.2, 0.25) is 0 Å². The highest BCUT2D eigenvalue weighted by Crippen LogP contribution is 2.34. The van der Waals surface area contributed by atoms with Crippen LogP contribution in [0.4, 0.5) is 5.69 Å². The number of carbonyl (C=O) groups is 2. The Balaban J connectivity index is 1.80. The van der Waals surface area contributed by atoms with Gasteiger partial charge in [-0.15, -0.1) is 0 Å². The maximum Gasteiger partial charge on any atom is 0.226 e. The molecule has 0 saturated carbocycles. The molecule has 2 aromatic carbocycles. The molecule has 0 saturated heterocycles. The van der Waals surface area contributed by atoms with Crippen LogP contribution in [0.5, 0.6) is 11.5 Å². The van der Waals surface area contributed by atoms with Gasteiger partial charge in [-0.3, -0.25) is 9.59 Å². The van der Waals surface area contributed by atoms with Gasteiger partial charge in [0.25, 0.3) is 0 Å². The number of anilines is 1. The highest BCUT2D eigenvalue weighted by atomic mass is 16.5. The van der Waals surface area contributed by atoms with Crippen molar-refractivity contribution in [3.63, 3.8) is 0 Å². The van der Waals surface area contributed by atoms with Crippen LogP contribution in [0.3, 0.4) is 0 Å². The van der Waals surface area contributed by atoms with Gasteiger partial charge in [-0.1, -0.05) is 24.3 Å². The number of fused-ring (bicyclic) bond motifs is 1. The van der Waals surface area contributed by atoms with E-state index < -0.39 is 0 Å². The molecule has 0 fully saturated rings. The number of nitrogens with zero attached hydrogens (tertiary/aromatic N) is 1. The van der Waals surface area contributed by atoms with E-state index in [1.807, 2.05) is 30.3 Å². The largest absolute Gasteiger partial charge is 0.493 e. The summed E-state index contributed by atoms with van der Waals surface area (Å²) in [6.07, 6.45) is 3.77. The van der Waals surface area contributed by atoms with Crippen LogP contribution in [-0.4, -0.2) is 30.9 Å². The first kappa shape index (κ1) is 18.5. The van der Waals surface area contributed by atoms with Crippen molar-refractivity contribution in [3.8, 4) is 11.5 Å². The van der Waals surface area contributed by atoms with Gasteiger partial charge in [-0.2, -0.15) is 0 Å². The third-order valence-electron chi connectivity index (χ3n) is 4.52. The van der Waals surface area contributed by atoms with E-state index in [0.717, 1.165) is 11.1 Å². The molecule has 2 aromatic rings. The minimum Gasteiger partial charge on any atom is -0.493 e. The lowest BCUT2D eigenvalue weighted by atomic mass is 9.93. The summed E-state index contributed by atoms with van der Waals surface area (Å²) in [6, 6.07) is 12.6. The van der Waals surface area contributed by atoms with Crippen molar-refractivity contribution in [2.45, 2.75) is 19.4 Å². The summed E-state index contributed by atoms with van der Waals surface area (Å²) in [5.74, 6) is 0.824. The SMILES string of the molecule is COc1ccc(NC(=O)CC2c3ccccc3C=CN2C(C)=O)cc1OC. The number of benzene rings is 2. The highest BCUT2D eigenvalue weighted by Gasteiger charge is 2.28. The Morgan fingerprint density at radius 1 is 1.07 bits per heavy atom. The van der Waals surface area contributed by atoms with Crippen molar-refractivity contribution in [1.29, 1.82) is 0 Å². The minimum atomic E-state index is -0.344. The Kier molecular flexibility index (Phi) is 5.45. The summed E-state index contributed by atoms with van der Waals surface area (Å²) in [4.78, 5) is 26.3. The Bertz CT molecular complexity index is 892. The Hall–Kier alpha value is -3.28. The molecule has 27 heavy (non-hydrogen) atoms. The standard InChI is InChI=1S/C21H22N2O4/c1-14(24)23-11-10-15-6-4-5-7-17(15)18(23)13-21(25)22-16-8-9-19(26-2)20(12-16)27-3/h4-12,18H,13H2,1-3H3,(H,22,25). The number of hydrogen-bond donors (Lipinski definition) is 1. The number of amides is 2. The van der Waals surface area contributed by atoms with Gasteiger partial charge >= 0.3 is 0 Å². The van der Waals surface area contributed by atoms with Gasteiger partial charge < -0.3 is 19.7 Å². The molecule has 1 unspecified atom stereocenters. The molecule has 0 radical (unpaired) electrons. The van der Waals surface area contributed by atoms with Crippen LogP contribution in [0.15, 0.2) is 48.7 Å². The zero-order valence-electron chi connectivity index (χ0n) is 15.6. The van der Waals surface area contributed by atoms with E-state index in [-0.39, 0.29) is 24.3 Å². The summed E-state index contributed by atoms with van der Waals surface area (Å²) >= 11 is 0. The molecular formula is C21H22N2O4. The van der Waals surface area contributed by atoms with Gasteiger partial charge in [0.2, 0.25) is 11.8 Å². The Morgan fingerprint density at radius 2 is 1.81 bits per heavy atom. The normalized spacial score (nSPS) is 15.1. The van der Waals surface area contributed by atoms with E-state index in [9.17, 15) is 9.59 Å². The maximum atomic E-state index is 12.7. The average molecular weight is 366 g/mol. The first-order valence-corrected chi connectivity index (χ1v) is 8.61. The van der Waals surface area contributed by atoms with Gasteiger partial charge in [-0.25, -0.2) is 0 Å². The molecule has 2 amide bonds. The van der Waals surface area contributed by atoms with Crippen LogP contribution in [-0.2, 0) is 9.59 Å². The van der Waals surface area contributed by atoms with E-state index >= 15 is 0 Å². The minimum absolute atomic E-state index is 0.107. The molecule has 0 spiro atoms. The summed E-state index contributed by atoms with van der Waals surface area (Å²) in [6.45, 7) is 1.50. The second kappa shape index (κ2) is 7.95. The Labute approximate surface area is 158 Å². The second-order valence-corrected chi connectivity index (χ2v) is 6.21. The van der Waals surface area contributed by atoms with Gasteiger partial charge in [0, 0.05) is 24.9 Å². The summed E-state index contributed by atoms with van der Waals surface area (Å²) in [5, 5.41) is 2.87. The number of ether oxygens (including phenoxy) is 2. The molecule has 0 aromatic heterocycles. The van der Waals surface area contributed by atoms with Crippen LogP contribution < -0.4 is 14.8 Å². The lowest BCUT2D eigenvalue weighted by Crippen LogP contribution is -2.33. The fourth-order valence-corrected chi connectivity index (χ4v) is 3.21. The number of methoxy groups -OCH3 is 2. The summed E-state index contributed by atoms with van der Waals surface area (Å²) in [7, 11) is 3.10. The van der Waals surface area contributed by atoms with E-state index in [0.29, 0.717) is 17.2 Å². The zero-order valence-corrected chi connectivity index (χ0v) is 15.6. The van der Waals surface area contributed by atoms with E-state index in [1.54, 1.807) is 43.5 Å². The van der Waals surface area contributed by atoms with Crippen LogP contribution in [0.25, 0.3) is 6.08 Å². The molecule has 3 rings (SSSR count). The predicted molar refractivity (Wildman–Crippen MR) is 104 cm³/mol. The molecule has 1 aliphatic heterocycles. The first-order valence-electron chi connectivity index (χ1n) is 8.61. The topological polar surface area (TPSA) is 67.9 Å². The van der Waals surface area contributed by atoms with Crippen molar-refractivity contribution in [3.05, 3.63) is 59.8 Å². The molecule has 1 heterocycles. The lowest BCUT2D eigenvalue weighted by molar-refractivity contribution is -0.129. The molecule has 0 aliphatic carbocycles. The number of hydrogen-bond acceptors (Lipinski definition) is 4. The molecule has 140 valence electrons. The molecule has 6 heteroatoms. The molecule has 6 nitrogen and oxygen atoms in total. The fourth-order valence-electron chi connectivity index (χ4n) is 3.21. The number of rotatable bonds is 5. The van der Waals surface area contributed by atoms with E-state index in [2.05, 4.69) is 5.32 Å². The second-order valence-electron chi connectivity index (χ2n) is 6.21. The van der Waals surface area contributed by atoms with Crippen molar-refractivity contribution in [1.82, 2.24) is 4.90 Å². The van der Waals surface area contributed by atoms with Crippen LogP contribution in [0, 0.1) is 0 Å². The highest BCUT2D eigenvalue weighted by molar-refractivity contribution is 5.92. The van der Waals surface area contributed by atoms with Gasteiger partial charge in [0.1, 0.15) is 0 Å². The molecule has 0 bridgehead atoms. The maximum absolute atomic E-state index is 12.7. The third kappa shape index (κ3) is 3.95. The smallest absolute Gasteiger partial charge is 0.226 e. The Morgan fingerprint density at radius 3 is 2.52 bits per heavy atom. The lowest BCUT2D eigenvalue weighted by Gasteiger charge is -2.32. The van der Waals surface area contributed by atoms with E-state index in [4.69, 9.17) is 9.47 Å². The zero-order chi connectivity index (χ0) is 19.4. The fraction of sp³-hybridized carbons (Fsp3) is 0.238. The van der Waals surface area contributed by atoms with E-state index in [1.165, 1.54) is 6.92 Å². The monoisotopic (exact) mass is 366 g/mol. The van der Waals surface area contributed by atoms with Crippen molar-refractivity contribution in [2.75, 3.05) is 19.5 Å². The summed E-state index contributed by atoms with van der Waals surface area (Å²) < 4.78 is 10.5. The quantitative estimate of drug-likeness (QED) is 0.878. The number of nitrogens with one attached hydrogen (secondary N) is 1. The van der Waals surface area contributed by atoms with Crippen LogP contribution in [0.1, 0.15) is 30.5 Å². The van der Waals surface area contributed by atoms with Gasteiger partial charge in [-0.05, 0) is 29.3 Å². The molecule has 1 N–H and O–H groups in total. The van der Waals surface area contributed by atoms with Crippen LogP contribution >= 0.6 is 0 Å². The molecular weight excluding hydrogens is 344 g/mol. The summed E-state index contributed by atoms with van der Waals surface area (Å²) in [5.41, 5.74) is 2.57. The van der Waals surface area contributed by atoms with Crippen molar-refractivity contribution >= 4 is 23.6 Å². The third-order valence-corrected chi connectivity index (χ3v) is 4.52. The van der Waals surface area contributed by atoms with Gasteiger partial charge in [0.15, 0.2) is 11.5 Å². The molecule has 1 aliphatic rings. The van der Waals surface area contributed by atoms with Gasteiger partial charge in [0.05, 0.1) is 26.7 Å². The first-order chi connectivity index (χ1) is 13.0. The number of carbonyl (C=O) groups excluding carboxylic acids is 2. The predicted octanol–water partition coefficient (Wildman–Crippen LogP) is 3.61. The van der Waals surface area contributed by atoms with Crippen molar-refractivity contribution < 1.29 is 19.1 Å². The molecule has 1 atom stereocenters. The average Bonchev–Trinajstić information content (AvgIpc) is 2.67.